The normalized spacial score (nSPS) is 13.4. The van der Waals surface area contributed by atoms with Crippen LogP contribution in [0.2, 0.25) is 0 Å². The molecule has 1 aliphatic rings. The van der Waals surface area contributed by atoms with E-state index in [1.807, 2.05) is 32.9 Å². The number of carbonyl (C=O) groups excluding carboxylic acids is 3. The second-order valence-corrected chi connectivity index (χ2v) is 10.3. The lowest BCUT2D eigenvalue weighted by atomic mass is 10.1. The first-order valence-electron chi connectivity index (χ1n) is 12.0. The highest BCUT2D eigenvalue weighted by atomic mass is 32.2. The monoisotopic (exact) mass is 533 g/mol. The summed E-state index contributed by atoms with van der Waals surface area (Å²) in [6.07, 6.45) is 0.383. The van der Waals surface area contributed by atoms with Gasteiger partial charge in [-0.3, -0.25) is 14.4 Å². The molecule has 0 spiro atoms. The Balaban J connectivity index is 1.71. The van der Waals surface area contributed by atoms with Crippen molar-refractivity contribution in [2.45, 2.75) is 32.1 Å². The minimum absolute atomic E-state index is 0.0717. The third kappa shape index (κ3) is 6.06. The molecule has 4 rings (SSSR count). The highest BCUT2D eigenvalue weighted by Gasteiger charge is 2.40. The molecule has 0 aromatic heterocycles. The van der Waals surface area contributed by atoms with E-state index in [0.717, 1.165) is 22.2 Å². The molecule has 3 amide bonds. The van der Waals surface area contributed by atoms with Gasteiger partial charge in [0.1, 0.15) is 22.2 Å². The zero-order valence-electron chi connectivity index (χ0n) is 21.5. The van der Waals surface area contributed by atoms with Crippen molar-refractivity contribution < 1.29 is 23.5 Å². The smallest absolute Gasteiger partial charge is 0.283 e. The predicted octanol–water partition coefficient (Wildman–Crippen LogP) is 6.12. The number of imide groups is 1. The Labute approximate surface area is 225 Å². The van der Waals surface area contributed by atoms with Gasteiger partial charge in [-0.2, -0.15) is 0 Å². The summed E-state index contributed by atoms with van der Waals surface area (Å²) in [5, 5.41) is 5.98. The van der Waals surface area contributed by atoms with Gasteiger partial charge in [0, 0.05) is 17.0 Å². The number of methoxy groups -OCH3 is 1. The third-order valence-electron chi connectivity index (χ3n) is 5.67. The molecule has 0 bridgehead atoms. The van der Waals surface area contributed by atoms with Gasteiger partial charge in [0.15, 0.2) is 0 Å². The van der Waals surface area contributed by atoms with Gasteiger partial charge in [0.2, 0.25) is 5.91 Å². The maximum Gasteiger partial charge on any atom is 0.283 e. The first kappa shape index (κ1) is 26.9. The first-order chi connectivity index (χ1) is 18.2. The molecule has 3 aromatic carbocycles. The number of benzene rings is 3. The van der Waals surface area contributed by atoms with Crippen molar-refractivity contribution in [1.29, 1.82) is 0 Å². The SMILES string of the molecule is COc1ccc(C)cc1NC1=C(Sc2cccc(NC(=O)CC(C)C)c2)C(=O)N(c2ccc(F)cc2)C1=O. The molecule has 0 saturated heterocycles. The van der Waals surface area contributed by atoms with Crippen LogP contribution in [0.15, 0.2) is 82.2 Å². The Morgan fingerprint density at radius 3 is 2.45 bits per heavy atom. The highest BCUT2D eigenvalue weighted by Crippen LogP contribution is 2.39. The number of ether oxygens (including phenoxy) is 1. The topological polar surface area (TPSA) is 87.7 Å². The maximum absolute atomic E-state index is 13.6. The second-order valence-electron chi connectivity index (χ2n) is 9.23. The van der Waals surface area contributed by atoms with E-state index in [4.69, 9.17) is 4.74 Å². The average Bonchev–Trinajstić information content (AvgIpc) is 3.08. The molecule has 7 nitrogen and oxygen atoms in total. The lowest BCUT2D eigenvalue weighted by Gasteiger charge is -2.16. The van der Waals surface area contributed by atoms with Gasteiger partial charge >= 0.3 is 0 Å². The Hall–Kier alpha value is -4.11. The van der Waals surface area contributed by atoms with Crippen LogP contribution in [0.5, 0.6) is 5.75 Å². The molecule has 1 heterocycles. The second kappa shape index (κ2) is 11.5. The van der Waals surface area contributed by atoms with E-state index in [-0.39, 0.29) is 28.1 Å². The van der Waals surface area contributed by atoms with Crippen molar-refractivity contribution in [2.75, 3.05) is 22.6 Å². The summed E-state index contributed by atoms with van der Waals surface area (Å²) >= 11 is 1.10. The van der Waals surface area contributed by atoms with Crippen molar-refractivity contribution in [1.82, 2.24) is 0 Å². The van der Waals surface area contributed by atoms with Crippen molar-refractivity contribution in [2.24, 2.45) is 5.92 Å². The summed E-state index contributed by atoms with van der Waals surface area (Å²) in [6.45, 7) is 5.83. The van der Waals surface area contributed by atoms with Crippen LogP contribution in [-0.2, 0) is 14.4 Å². The summed E-state index contributed by atoms with van der Waals surface area (Å²) in [7, 11) is 1.52. The molecule has 1 aliphatic heterocycles. The van der Waals surface area contributed by atoms with Gasteiger partial charge in [0.25, 0.3) is 11.8 Å². The number of anilines is 3. The molecule has 0 radical (unpaired) electrons. The lowest BCUT2D eigenvalue weighted by Crippen LogP contribution is -2.32. The van der Waals surface area contributed by atoms with Gasteiger partial charge in [-0.05, 0) is 73.0 Å². The molecule has 0 atom stereocenters. The zero-order chi connectivity index (χ0) is 27.4. The number of halogens is 1. The first-order valence-corrected chi connectivity index (χ1v) is 12.9. The number of nitrogens with zero attached hydrogens (tertiary/aromatic N) is 1. The Kier molecular flexibility index (Phi) is 8.16. The fraction of sp³-hybridized carbons (Fsp3) is 0.207. The van der Waals surface area contributed by atoms with Crippen molar-refractivity contribution >= 4 is 46.5 Å². The fourth-order valence-electron chi connectivity index (χ4n) is 3.93. The van der Waals surface area contributed by atoms with Gasteiger partial charge in [-0.1, -0.05) is 37.7 Å². The van der Waals surface area contributed by atoms with Crippen LogP contribution in [0.1, 0.15) is 25.8 Å². The molecule has 3 aromatic rings. The molecule has 196 valence electrons. The molecule has 9 heteroatoms. The number of thioether (sulfide) groups is 1. The van der Waals surface area contributed by atoms with E-state index in [2.05, 4.69) is 10.6 Å². The summed E-state index contributed by atoms with van der Waals surface area (Å²) in [5.41, 5.74) is 2.37. The van der Waals surface area contributed by atoms with E-state index >= 15 is 0 Å². The zero-order valence-corrected chi connectivity index (χ0v) is 22.3. The molecular weight excluding hydrogens is 505 g/mol. The Morgan fingerprint density at radius 1 is 1.03 bits per heavy atom. The fourth-order valence-corrected chi connectivity index (χ4v) is 4.92. The van der Waals surface area contributed by atoms with Gasteiger partial charge in [0.05, 0.1) is 18.5 Å². The number of hydrogen-bond acceptors (Lipinski definition) is 6. The van der Waals surface area contributed by atoms with Gasteiger partial charge < -0.3 is 15.4 Å². The molecule has 0 fully saturated rings. The maximum atomic E-state index is 13.6. The third-order valence-corrected chi connectivity index (χ3v) is 6.74. The van der Waals surface area contributed by atoms with Crippen molar-refractivity contribution in [3.8, 4) is 5.75 Å². The number of aryl methyl sites for hydroxylation is 1. The summed E-state index contributed by atoms with van der Waals surface area (Å²) in [5.74, 6) is -0.990. The van der Waals surface area contributed by atoms with Gasteiger partial charge in [-0.25, -0.2) is 9.29 Å². The molecule has 0 saturated carbocycles. The highest BCUT2D eigenvalue weighted by molar-refractivity contribution is 8.04. The van der Waals surface area contributed by atoms with Crippen LogP contribution in [0.25, 0.3) is 0 Å². The van der Waals surface area contributed by atoms with Crippen molar-refractivity contribution in [3.05, 3.63) is 88.7 Å². The summed E-state index contributed by atoms with van der Waals surface area (Å²) in [6, 6.07) is 17.7. The molecule has 0 aliphatic carbocycles. The van der Waals surface area contributed by atoms with E-state index in [9.17, 15) is 18.8 Å². The van der Waals surface area contributed by atoms with E-state index in [0.29, 0.717) is 28.4 Å². The lowest BCUT2D eigenvalue weighted by molar-refractivity contribution is -0.120. The summed E-state index contributed by atoms with van der Waals surface area (Å²) in [4.78, 5) is 41.3. The van der Waals surface area contributed by atoms with Gasteiger partial charge in [-0.15, -0.1) is 0 Å². The quantitative estimate of drug-likeness (QED) is 0.323. The number of amides is 3. The molecule has 2 N–H and O–H groups in total. The van der Waals surface area contributed by atoms with Crippen LogP contribution in [0, 0.1) is 18.7 Å². The number of nitrogens with one attached hydrogen (secondary N) is 2. The Bertz CT molecular complexity index is 1420. The van der Waals surface area contributed by atoms with Crippen LogP contribution in [0.4, 0.5) is 21.5 Å². The van der Waals surface area contributed by atoms with Crippen molar-refractivity contribution in [3.63, 3.8) is 0 Å². The van der Waals surface area contributed by atoms with E-state index in [1.165, 1.54) is 31.4 Å². The standard InChI is InChI=1S/C29H28FN3O4S/c1-17(2)14-25(34)31-20-6-5-7-22(16-20)38-27-26(32-23-15-18(3)8-13-24(23)37-4)28(35)33(29(27)36)21-11-9-19(30)10-12-21/h5-13,15-17,32H,14H2,1-4H3,(H,31,34). The number of rotatable bonds is 9. The molecule has 0 unspecified atom stereocenters. The van der Waals surface area contributed by atoms with Crippen LogP contribution in [0.3, 0.4) is 0 Å². The molecule has 38 heavy (non-hydrogen) atoms. The average molecular weight is 534 g/mol. The van der Waals surface area contributed by atoms with Crippen LogP contribution < -0.4 is 20.3 Å². The molecular formula is C29H28FN3O4S. The Morgan fingerprint density at radius 2 is 1.76 bits per heavy atom. The minimum Gasteiger partial charge on any atom is -0.495 e. The largest absolute Gasteiger partial charge is 0.495 e. The van der Waals surface area contributed by atoms with Crippen LogP contribution in [-0.4, -0.2) is 24.8 Å². The number of carbonyl (C=O) groups is 3. The summed E-state index contributed by atoms with van der Waals surface area (Å²) < 4.78 is 19.0. The predicted molar refractivity (Wildman–Crippen MR) is 148 cm³/mol. The minimum atomic E-state index is -0.575. The van der Waals surface area contributed by atoms with E-state index < -0.39 is 17.6 Å². The van der Waals surface area contributed by atoms with Crippen LogP contribution >= 0.6 is 11.8 Å². The number of hydrogen-bond donors (Lipinski definition) is 2. The van der Waals surface area contributed by atoms with E-state index in [1.54, 1.807) is 30.3 Å².